The maximum atomic E-state index is 10.5. The molecule has 2 aromatic rings. The molecule has 2 rings (SSSR count). The third-order valence-corrected chi connectivity index (χ3v) is 3.65. The minimum absolute atomic E-state index is 0.135. The number of hydrogen-bond donors (Lipinski definition) is 1. The summed E-state index contributed by atoms with van der Waals surface area (Å²) < 4.78 is 0. The van der Waals surface area contributed by atoms with Crippen molar-refractivity contribution in [2.75, 3.05) is 0 Å². The first-order valence-corrected chi connectivity index (χ1v) is 6.01. The Morgan fingerprint density at radius 3 is 2.73 bits per heavy atom. The normalized spacial score (nSPS) is 12.6. The molecule has 0 fully saturated rings. The molecule has 1 atom stereocenters. The van der Waals surface area contributed by atoms with Gasteiger partial charge in [0.1, 0.15) is 0 Å². The van der Waals surface area contributed by atoms with Gasteiger partial charge < -0.3 is 5.73 Å². The predicted octanol–water partition coefficient (Wildman–Crippen LogP) is 2.77. The van der Waals surface area contributed by atoms with Crippen molar-refractivity contribution in [3.05, 3.63) is 49.5 Å². The van der Waals surface area contributed by atoms with Gasteiger partial charge in [0.25, 0.3) is 0 Å². The molecule has 2 aromatic heterocycles. The van der Waals surface area contributed by atoms with Gasteiger partial charge in [0.05, 0.1) is 11.0 Å². The van der Waals surface area contributed by atoms with Crippen LogP contribution in [0.4, 0.5) is 5.00 Å². The van der Waals surface area contributed by atoms with Crippen LogP contribution in [0.15, 0.2) is 28.3 Å². The number of hydrogen-bond acceptors (Lipinski definition) is 5. The second-order valence-corrected chi connectivity index (χ2v) is 4.68. The molecule has 0 aliphatic carbocycles. The van der Waals surface area contributed by atoms with Gasteiger partial charge in [0.15, 0.2) is 0 Å². The van der Waals surface area contributed by atoms with Gasteiger partial charge in [-0.15, -0.1) is 0 Å². The van der Waals surface area contributed by atoms with E-state index in [4.69, 9.17) is 5.73 Å². The highest BCUT2D eigenvalue weighted by Gasteiger charge is 2.15. The molecule has 0 spiro atoms. The molecular formula is C9H8N2O2S2. The summed E-state index contributed by atoms with van der Waals surface area (Å²) in [7, 11) is 0. The molecule has 2 heterocycles. The zero-order chi connectivity index (χ0) is 10.8. The van der Waals surface area contributed by atoms with E-state index >= 15 is 0 Å². The van der Waals surface area contributed by atoms with E-state index in [1.807, 2.05) is 16.8 Å². The molecule has 0 saturated heterocycles. The summed E-state index contributed by atoms with van der Waals surface area (Å²) in [6.45, 7) is 0. The van der Waals surface area contributed by atoms with Gasteiger partial charge in [-0.25, -0.2) is 0 Å². The summed E-state index contributed by atoms with van der Waals surface area (Å²) >= 11 is 2.67. The molecule has 0 saturated carbocycles. The van der Waals surface area contributed by atoms with Crippen LogP contribution in [0.25, 0.3) is 0 Å². The summed E-state index contributed by atoms with van der Waals surface area (Å²) in [5.74, 6) is 0. The van der Waals surface area contributed by atoms with Gasteiger partial charge >= 0.3 is 5.00 Å². The summed E-state index contributed by atoms with van der Waals surface area (Å²) in [6.07, 6.45) is 0. The third kappa shape index (κ3) is 2.06. The minimum Gasteiger partial charge on any atom is -0.320 e. The van der Waals surface area contributed by atoms with Gasteiger partial charge in [-0.05, 0) is 28.0 Å². The highest BCUT2D eigenvalue weighted by Crippen LogP contribution is 2.29. The summed E-state index contributed by atoms with van der Waals surface area (Å²) in [5, 5.41) is 16.3. The first kappa shape index (κ1) is 10.3. The molecule has 2 N–H and O–H groups in total. The number of nitro groups is 1. The van der Waals surface area contributed by atoms with Crippen LogP contribution in [-0.4, -0.2) is 4.92 Å². The Morgan fingerprint density at radius 1 is 1.40 bits per heavy atom. The fraction of sp³-hybridized carbons (Fsp3) is 0.111. The van der Waals surface area contributed by atoms with E-state index in [2.05, 4.69) is 0 Å². The topological polar surface area (TPSA) is 69.2 Å². The van der Waals surface area contributed by atoms with Gasteiger partial charge in [-0.1, -0.05) is 11.3 Å². The number of thiophene rings is 2. The van der Waals surface area contributed by atoms with Gasteiger partial charge in [-0.2, -0.15) is 11.3 Å². The van der Waals surface area contributed by atoms with Gasteiger partial charge in [0.2, 0.25) is 0 Å². The molecule has 6 heteroatoms. The van der Waals surface area contributed by atoms with Gasteiger partial charge in [-0.3, -0.25) is 10.1 Å². The van der Waals surface area contributed by atoms with Crippen LogP contribution in [0.2, 0.25) is 0 Å². The molecule has 15 heavy (non-hydrogen) atoms. The minimum atomic E-state index is -0.394. The average Bonchev–Trinajstić information content (AvgIpc) is 2.88. The molecule has 0 radical (unpaired) electrons. The van der Waals surface area contributed by atoms with Crippen molar-refractivity contribution in [2.45, 2.75) is 6.04 Å². The third-order valence-electron chi connectivity index (χ3n) is 2.05. The fourth-order valence-corrected chi connectivity index (χ4v) is 2.70. The second-order valence-electron chi connectivity index (χ2n) is 3.01. The summed E-state index contributed by atoms with van der Waals surface area (Å²) in [5.41, 5.74) is 7.75. The molecule has 0 amide bonds. The largest absolute Gasteiger partial charge is 0.324 e. The Labute approximate surface area is 94.1 Å². The lowest BCUT2D eigenvalue weighted by atomic mass is 10.1. The zero-order valence-corrected chi connectivity index (χ0v) is 9.25. The van der Waals surface area contributed by atoms with Crippen molar-refractivity contribution in [1.29, 1.82) is 0 Å². The molecule has 4 nitrogen and oxygen atoms in total. The standard InChI is InChI=1S/C9H8N2O2S2/c10-9(6-1-2-14-4-6)7-3-8(11(12)13)15-5-7/h1-5,9H,10H2/t9-/m1/s1. The molecule has 0 bridgehead atoms. The number of rotatable bonds is 3. The second kappa shape index (κ2) is 4.09. The van der Waals surface area contributed by atoms with E-state index < -0.39 is 4.92 Å². The lowest BCUT2D eigenvalue weighted by Crippen LogP contribution is -2.09. The van der Waals surface area contributed by atoms with E-state index in [1.54, 1.807) is 16.7 Å². The van der Waals surface area contributed by atoms with Crippen molar-refractivity contribution in [3.8, 4) is 0 Å². The van der Waals surface area contributed by atoms with E-state index in [-0.39, 0.29) is 11.0 Å². The molecule has 78 valence electrons. The Balaban J connectivity index is 2.26. The zero-order valence-electron chi connectivity index (χ0n) is 7.62. The van der Waals surface area contributed by atoms with E-state index in [0.29, 0.717) is 0 Å². The van der Waals surface area contributed by atoms with Crippen molar-refractivity contribution in [1.82, 2.24) is 0 Å². The van der Waals surface area contributed by atoms with Crippen molar-refractivity contribution in [3.63, 3.8) is 0 Å². The van der Waals surface area contributed by atoms with E-state index in [1.165, 1.54) is 6.07 Å². The van der Waals surface area contributed by atoms with Crippen LogP contribution in [0, 0.1) is 10.1 Å². The Bertz CT molecular complexity index is 464. The maximum Gasteiger partial charge on any atom is 0.324 e. The lowest BCUT2D eigenvalue weighted by Gasteiger charge is -2.05. The average molecular weight is 240 g/mol. The fourth-order valence-electron chi connectivity index (χ4n) is 1.24. The quantitative estimate of drug-likeness (QED) is 0.662. The van der Waals surface area contributed by atoms with Crippen LogP contribution in [0.1, 0.15) is 17.2 Å². The smallest absolute Gasteiger partial charge is 0.320 e. The molecule has 0 aliphatic heterocycles. The number of nitrogens with zero attached hydrogens (tertiary/aromatic N) is 1. The monoisotopic (exact) mass is 240 g/mol. The van der Waals surface area contributed by atoms with Crippen LogP contribution in [-0.2, 0) is 0 Å². The first-order chi connectivity index (χ1) is 7.18. The summed E-state index contributed by atoms with van der Waals surface area (Å²) in [6, 6.07) is 3.20. The maximum absolute atomic E-state index is 10.5. The van der Waals surface area contributed by atoms with Crippen molar-refractivity contribution >= 4 is 27.7 Å². The van der Waals surface area contributed by atoms with Crippen LogP contribution in [0.3, 0.4) is 0 Å². The molecule has 0 unspecified atom stereocenters. The number of nitrogens with two attached hydrogens (primary N) is 1. The molecule has 0 aliphatic rings. The summed E-state index contributed by atoms with van der Waals surface area (Å²) in [4.78, 5) is 10.1. The predicted molar refractivity (Wildman–Crippen MR) is 61.3 cm³/mol. The van der Waals surface area contributed by atoms with Gasteiger partial charge in [0, 0.05) is 11.4 Å². The Hall–Kier alpha value is -1.24. The molecule has 0 aromatic carbocycles. The Kier molecular flexibility index (Phi) is 2.81. The Morgan fingerprint density at radius 2 is 2.20 bits per heavy atom. The highest BCUT2D eigenvalue weighted by molar-refractivity contribution is 7.13. The highest BCUT2D eigenvalue weighted by atomic mass is 32.1. The van der Waals surface area contributed by atoms with E-state index in [0.717, 1.165) is 22.5 Å². The first-order valence-electron chi connectivity index (χ1n) is 4.19. The SMILES string of the molecule is N[C@H](c1ccsc1)c1csc([N+](=O)[O-])c1. The van der Waals surface area contributed by atoms with Crippen molar-refractivity contribution < 1.29 is 4.92 Å². The van der Waals surface area contributed by atoms with Crippen LogP contribution < -0.4 is 5.73 Å². The van der Waals surface area contributed by atoms with Crippen LogP contribution >= 0.6 is 22.7 Å². The lowest BCUT2D eigenvalue weighted by molar-refractivity contribution is -0.380. The van der Waals surface area contributed by atoms with Crippen molar-refractivity contribution in [2.24, 2.45) is 5.73 Å². The van der Waals surface area contributed by atoms with E-state index in [9.17, 15) is 10.1 Å². The van der Waals surface area contributed by atoms with Crippen LogP contribution in [0.5, 0.6) is 0 Å². The molecular weight excluding hydrogens is 232 g/mol.